The van der Waals surface area contributed by atoms with Crippen LogP contribution in [0.15, 0.2) is 167 Å². The van der Waals surface area contributed by atoms with Gasteiger partial charge >= 0.3 is 0 Å². The zero-order valence-corrected chi connectivity index (χ0v) is 26.4. The summed E-state index contributed by atoms with van der Waals surface area (Å²) in [6, 6.07) is 54.8. The second-order valence-electron chi connectivity index (χ2n) is 12.0. The number of hydrogen-bond donors (Lipinski definition) is 0. The third-order valence-electron chi connectivity index (χ3n) is 9.10. The van der Waals surface area contributed by atoms with E-state index < -0.39 is 0 Å². The van der Waals surface area contributed by atoms with Gasteiger partial charge in [-0.15, -0.1) is 11.3 Å². The highest BCUT2D eigenvalue weighted by Crippen LogP contribution is 2.46. The van der Waals surface area contributed by atoms with Crippen molar-refractivity contribution >= 4 is 82.5 Å². The van der Waals surface area contributed by atoms with E-state index in [0.717, 1.165) is 81.7 Å². The summed E-state index contributed by atoms with van der Waals surface area (Å²) in [6.45, 7) is 0. The van der Waals surface area contributed by atoms with Crippen molar-refractivity contribution in [2.45, 2.75) is 0 Å². The molecule has 0 spiro atoms. The van der Waals surface area contributed by atoms with E-state index in [9.17, 15) is 0 Å². The van der Waals surface area contributed by atoms with Gasteiger partial charge in [0.25, 0.3) is 0 Å². The molecule has 10 rings (SSSR count). The van der Waals surface area contributed by atoms with Crippen LogP contribution < -0.4 is 4.90 Å². The van der Waals surface area contributed by atoms with Crippen LogP contribution in [0.3, 0.4) is 0 Å². The minimum absolute atomic E-state index is 0.849. The van der Waals surface area contributed by atoms with Crippen molar-refractivity contribution in [2.24, 2.45) is 0 Å². The van der Waals surface area contributed by atoms with E-state index in [1.54, 1.807) is 11.3 Å². The Morgan fingerprint density at radius 3 is 1.90 bits per heavy atom. The van der Waals surface area contributed by atoms with Gasteiger partial charge in [0, 0.05) is 33.1 Å². The molecule has 4 nitrogen and oxygen atoms in total. The minimum Gasteiger partial charge on any atom is -0.456 e. The molecule has 0 fully saturated rings. The molecule has 0 unspecified atom stereocenters. The fourth-order valence-electron chi connectivity index (χ4n) is 6.88. The Balaban J connectivity index is 1.21. The minimum atomic E-state index is 0.849. The van der Waals surface area contributed by atoms with Crippen LogP contribution in [0.25, 0.3) is 75.8 Å². The lowest BCUT2D eigenvalue weighted by Gasteiger charge is -2.26. The Labute approximate surface area is 279 Å². The molecule has 0 saturated heterocycles. The Bertz CT molecular complexity index is 2780. The van der Waals surface area contributed by atoms with Crippen molar-refractivity contribution in [3.8, 4) is 21.7 Å². The molecule has 0 aliphatic rings. The number of fused-ring (bicyclic) bond motifs is 8. The lowest BCUT2D eigenvalue weighted by atomic mass is 10.0. The molecule has 0 amide bonds. The van der Waals surface area contributed by atoms with Gasteiger partial charge in [0.1, 0.15) is 27.3 Å². The zero-order valence-electron chi connectivity index (χ0n) is 25.6. The number of para-hydroxylation sites is 1. The summed E-state index contributed by atoms with van der Waals surface area (Å²) in [6.07, 6.45) is 0. The number of nitrogens with zero attached hydrogens (tertiary/aromatic N) is 2. The maximum absolute atomic E-state index is 6.45. The van der Waals surface area contributed by atoms with Gasteiger partial charge in [0.15, 0.2) is 0 Å². The van der Waals surface area contributed by atoms with Crippen molar-refractivity contribution in [1.29, 1.82) is 0 Å². The SMILES string of the molecule is c1ccc(-c2ccc(N(c3ccc4oc5ccc6nc(-c7ccccc7)sc6c5c4c3)c3cccc4oc5ccccc5c34)cc2)cc1. The third kappa shape index (κ3) is 4.25. The normalized spacial score (nSPS) is 11.8. The van der Waals surface area contributed by atoms with Crippen LogP contribution in [-0.4, -0.2) is 4.98 Å². The number of rotatable bonds is 5. The van der Waals surface area contributed by atoms with Gasteiger partial charge < -0.3 is 13.7 Å². The standard InChI is InChI=1S/C43H26N2O2S/c1-3-10-27(11-4-1)28-18-20-30(21-19-28)45(35-15-9-17-38-40(35)32-14-7-8-16-36(32)46-38)31-22-24-37-33(26-31)41-39(47-37)25-23-34-42(41)48-43(44-34)29-12-5-2-6-13-29/h1-26H. The molecule has 7 aromatic carbocycles. The molecular weight excluding hydrogens is 609 g/mol. The summed E-state index contributed by atoms with van der Waals surface area (Å²) in [5.74, 6) is 0. The number of thiazole rings is 1. The lowest BCUT2D eigenvalue weighted by molar-refractivity contribution is 0.668. The molecule has 0 N–H and O–H groups in total. The fraction of sp³-hybridized carbons (Fsp3) is 0. The third-order valence-corrected chi connectivity index (χ3v) is 10.2. The van der Waals surface area contributed by atoms with Crippen molar-refractivity contribution in [1.82, 2.24) is 4.98 Å². The van der Waals surface area contributed by atoms with Gasteiger partial charge in [-0.25, -0.2) is 4.98 Å². The average Bonchev–Trinajstić information content (AvgIpc) is 3.86. The molecule has 3 aromatic heterocycles. The molecule has 0 atom stereocenters. The van der Waals surface area contributed by atoms with Crippen molar-refractivity contribution in [3.05, 3.63) is 158 Å². The first-order chi connectivity index (χ1) is 23.8. The summed E-state index contributed by atoms with van der Waals surface area (Å²) in [7, 11) is 0. The maximum Gasteiger partial charge on any atom is 0.137 e. The quantitative estimate of drug-likeness (QED) is 0.189. The number of furan rings is 2. The average molecular weight is 635 g/mol. The molecule has 0 aliphatic carbocycles. The maximum atomic E-state index is 6.45. The first-order valence-corrected chi connectivity index (χ1v) is 16.8. The molecule has 0 aliphatic heterocycles. The number of anilines is 3. The highest BCUT2D eigenvalue weighted by molar-refractivity contribution is 7.22. The molecule has 0 bridgehead atoms. The highest BCUT2D eigenvalue weighted by Gasteiger charge is 2.22. The Morgan fingerprint density at radius 2 is 1.08 bits per heavy atom. The topological polar surface area (TPSA) is 42.4 Å². The second kappa shape index (κ2) is 10.7. The molecule has 0 radical (unpaired) electrons. The number of aromatic nitrogens is 1. The predicted octanol–water partition coefficient (Wildman–Crippen LogP) is 12.9. The van der Waals surface area contributed by atoms with Crippen LogP contribution in [-0.2, 0) is 0 Å². The number of benzene rings is 7. The fourth-order valence-corrected chi connectivity index (χ4v) is 8.00. The predicted molar refractivity (Wildman–Crippen MR) is 200 cm³/mol. The molecule has 3 heterocycles. The molecule has 48 heavy (non-hydrogen) atoms. The molecule has 5 heteroatoms. The van der Waals surface area contributed by atoms with Gasteiger partial charge in [-0.1, -0.05) is 97.1 Å². The van der Waals surface area contributed by atoms with E-state index in [1.807, 2.05) is 36.4 Å². The van der Waals surface area contributed by atoms with Crippen LogP contribution in [0.1, 0.15) is 0 Å². The van der Waals surface area contributed by atoms with Crippen LogP contribution >= 0.6 is 11.3 Å². The monoisotopic (exact) mass is 634 g/mol. The summed E-state index contributed by atoms with van der Waals surface area (Å²) < 4.78 is 13.9. The first-order valence-electron chi connectivity index (χ1n) is 16.0. The van der Waals surface area contributed by atoms with Gasteiger partial charge in [-0.05, 0) is 71.8 Å². The Kier molecular flexibility index (Phi) is 6.01. The summed E-state index contributed by atoms with van der Waals surface area (Å²) >= 11 is 1.71. The smallest absolute Gasteiger partial charge is 0.137 e. The van der Waals surface area contributed by atoms with E-state index in [2.05, 4.69) is 126 Å². The van der Waals surface area contributed by atoms with Gasteiger partial charge in [0.05, 0.1) is 21.3 Å². The molecule has 226 valence electrons. The highest BCUT2D eigenvalue weighted by atomic mass is 32.1. The molecular formula is C43H26N2O2S. The van der Waals surface area contributed by atoms with E-state index in [4.69, 9.17) is 13.8 Å². The molecule has 10 aromatic rings. The Hall–Kier alpha value is -6.17. The van der Waals surface area contributed by atoms with Crippen molar-refractivity contribution in [2.75, 3.05) is 4.90 Å². The van der Waals surface area contributed by atoms with Gasteiger partial charge in [-0.2, -0.15) is 0 Å². The van der Waals surface area contributed by atoms with E-state index in [0.29, 0.717) is 0 Å². The number of hydrogen-bond acceptors (Lipinski definition) is 5. The van der Waals surface area contributed by atoms with Crippen LogP contribution in [0.4, 0.5) is 17.1 Å². The molecule has 0 saturated carbocycles. The van der Waals surface area contributed by atoms with Crippen LogP contribution in [0, 0.1) is 0 Å². The van der Waals surface area contributed by atoms with Crippen molar-refractivity contribution < 1.29 is 8.83 Å². The van der Waals surface area contributed by atoms with E-state index in [1.165, 1.54) is 11.1 Å². The first kappa shape index (κ1) is 27.0. The zero-order chi connectivity index (χ0) is 31.6. The van der Waals surface area contributed by atoms with Crippen molar-refractivity contribution in [3.63, 3.8) is 0 Å². The second-order valence-corrected chi connectivity index (χ2v) is 13.0. The van der Waals surface area contributed by atoms with E-state index in [-0.39, 0.29) is 0 Å². The largest absolute Gasteiger partial charge is 0.456 e. The van der Waals surface area contributed by atoms with Gasteiger partial charge in [0.2, 0.25) is 0 Å². The lowest BCUT2D eigenvalue weighted by Crippen LogP contribution is -2.10. The summed E-state index contributed by atoms with van der Waals surface area (Å²) in [5, 5.41) is 5.32. The van der Waals surface area contributed by atoms with Crippen LogP contribution in [0.2, 0.25) is 0 Å². The summed E-state index contributed by atoms with van der Waals surface area (Å²) in [5.41, 5.74) is 11.0. The van der Waals surface area contributed by atoms with E-state index >= 15 is 0 Å². The van der Waals surface area contributed by atoms with Gasteiger partial charge in [-0.3, -0.25) is 0 Å². The Morgan fingerprint density at radius 1 is 0.458 bits per heavy atom. The summed E-state index contributed by atoms with van der Waals surface area (Å²) in [4.78, 5) is 7.35. The van der Waals surface area contributed by atoms with Crippen LogP contribution in [0.5, 0.6) is 0 Å².